The summed E-state index contributed by atoms with van der Waals surface area (Å²) in [6, 6.07) is 4.40. The number of nitrogens with one attached hydrogen (secondary N) is 1. The van der Waals surface area contributed by atoms with Crippen molar-refractivity contribution >= 4 is 5.91 Å². The number of carbonyl (C=O) groups excluding carboxylic acids is 1. The van der Waals surface area contributed by atoms with Crippen molar-refractivity contribution in [2.24, 2.45) is 5.92 Å². The highest BCUT2D eigenvalue weighted by Crippen LogP contribution is 2.42. The molecule has 1 N–H and O–H groups in total. The van der Waals surface area contributed by atoms with Gasteiger partial charge in [0.1, 0.15) is 5.82 Å². The highest BCUT2D eigenvalue weighted by Gasteiger charge is 2.47. The Hall–Kier alpha value is -2.21. The highest BCUT2D eigenvalue weighted by molar-refractivity contribution is 5.95. The molecule has 0 bridgehead atoms. The number of imidazole rings is 1. The Balaban J connectivity index is 1.56. The zero-order chi connectivity index (χ0) is 19.9. The van der Waals surface area contributed by atoms with Gasteiger partial charge in [0.2, 0.25) is 0 Å². The zero-order valence-corrected chi connectivity index (χ0v) is 17.0. The lowest BCUT2D eigenvalue weighted by Gasteiger charge is -2.51. The molecule has 1 aromatic heterocycles. The van der Waals surface area contributed by atoms with Gasteiger partial charge in [-0.1, -0.05) is 13.8 Å². The number of likely N-dealkylation sites (tertiary alicyclic amines) is 1. The van der Waals surface area contributed by atoms with Gasteiger partial charge in [-0.05, 0) is 49.4 Å². The number of nitrogens with zero attached hydrogens (tertiary/aromatic N) is 3. The van der Waals surface area contributed by atoms with Crippen LogP contribution in [0.1, 0.15) is 54.0 Å². The van der Waals surface area contributed by atoms with Crippen molar-refractivity contribution in [2.45, 2.75) is 45.6 Å². The number of hydrogen-bond donors (Lipinski definition) is 1. The van der Waals surface area contributed by atoms with E-state index in [1.807, 2.05) is 11.2 Å². The van der Waals surface area contributed by atoms with E-state index in [1.54, 1.807) is 13.0 Å². The standard InChI is InChI=1S/C22H29FN4O/c1-15(2)13-27-9-6-19-20(25-14-24-19)22(27)7-10-26(11-8-22)21(28)18-5-4-17(23)12-16(18)3/h4-5,12,14-15H,6-11,13H2,1-3H3,(H,24,25). The van der Waals surface area contributed by atoms with Gasteiger partial charge in [0.05, 0.1) is 17.6 Å². The van der Waals surface area contributed by atoms with E-state index in [0.29, 0.717) is 30.1 Å². The Labute approximate surface area is 165 Å². The van der Waals surface area contributed by atoms with E-state index < -0.39 is 0 Å². The largest absolute Gasteiger partial charge is 0.348 e. The summed E-state index contributed by atoms with van der Waals surface area (Å²) in [5.74, 6) is 0.281. The molecule has 1 amide bonds. The van der Waals surface area contributed by atoms with E-state index in [0.717, 1.165) is 32.4 Å². The summed E-state index contributed by atoms with van der Waals surface area (Å²) in [5.41, 5.74) is 3.62. The number of benzene rings is 1. The monoisotopic (exact) mass is 384 g/mol. The summed E-state index contributed by atoms with van der Waals surface area (Å²) >= 11 is 0. The quantitative estimate of drug-likeness (QED) is 0.881. The molecule has 1 spiro atoms. The molecule has 28 heavy (non-hydrogen) atoms. The van der Waals surface area contributed by atoms with Crippen LogP contribution in [0.5, 0.6) is 0 Å². The van der Waals surface area contributed by atoms with Gasteiger partial charge in [-0.25, -0.2) is 9.37 Å². The van der Waals surface area contributed by atoms with Gasteiger partial charge < -0.3 is 9.88 Å². The third-order valence-electron chi connectivity index (χ3n) is 6.28. The van der Waals surface area contributed by atoms with Crippen LogP contribution in [-0.4, -0.2) is 51.9 Å². The molecule has 1 saturated heterocycles. The van der Waals surface area contributed by atoms with Crippen LogP contribution in [-0.2, 0) is 12.0 Å². The van der Waals surface area contributed by atoms with Crippen LogP contribution in [0.3, 0.4) is 0 Å². The fraction of sp³-hybridized carbons (Fsp3) is 0.545. The van der Waals surface area contributed by atoms with E-state index in [9.17, 15) is 9.18 Å². The molecule has 2 aliphatic heterocycles. The predicted molar refractivity (Wildman–Crippen MR) is 107 cm³/mol. The molecule has 0 saturated carbocycles. The molecule has 150 valence electrons. The van der Waals surface area contributed by atoms with Crippen LogP contribution in [0.25, 0.3) is 0 Å². The molecule has 1 fully saturated rings. The lowest BCUT2D eigenvalue weighted by atomic mass is 9.78. The summed E-state index contributed by atoms with van der Waals surface area (Å²) in [7, 11) is 0. The number of H-pyrrole nitrogens is 1. The molecule has 0 radical (unpaired) electrons. The minimum absolute atomic E-state index is 0.000760. The summed E-state index contributed by atoms with van der Waals surface area (Å²) in [6.07, 6.45) is 4.57. The third kappa shape index (κ3) is 3.24. The SMILES string of the molecule is Cc1cc(F)ccc1C(=O)N1CCC2(CC1)c1nc[nH]c1CCN2CC(C)C. The highest BCUT2D eigenvalue weighted by atomic mass is 19.1. The average molecular weight is 384 g/mol. The molecule has 5 nitrogen and oxygen atoms in total. The molecular weight excluding hydrogens is 355 g/mol. The van der Waals surface area contributed by atoms with E-state index in [-0.39, 0.29) is 17.3 Å². The number of rotatable bonds is 3. The fourth-order valence-electron chi connectivity index (χ4n) is 4.90. The van der Waals surface area contributed by atoms with Crippen molar-refractivity contribution in [3.05, 3.63) is 52.9 Å². The van der Waals surface area contributed by atoms with E-state index in [2.05, 4.69) is 23.7 Å². The van der Waals surface area contributed by atoms with Gasteiger partial charge >= 0.3 is 0 Å². The van der Waals surface area contributed by atoms with Gasteiger partial charge in [-0.3, -0.25) is 9.69 Å². The Bertz CT molecular complexity index is 867. The first-order chi connectivity index (χ1) is 13.4. The van der Waals surface area contributed by atoms with Crippen molar-refractivity contribution < 1.29 is 9.18 Å². The second-order valence-electron chi connectivity index (χ2n) is 8.60. The van der Waals surface area contributed by atoms with E-state index in [1.165, 1.54) is 23.5 Å². The van der Waals surface area contributed by atoms with E-state index >= 15 is 0 Å². The molecule has 4 rings (SSSR count). The number of hydrogen-bond acceptors (Lipinski definition) is 3. The Morgan fingerprint density at radius 2 is 2.04 bits per heavy atom. The Morgan fingerprint density at radius 3 is 2.71 bits per heavy atom. The number of carbonyl (C=O) groups is 1. The number of halogens is 1. The average Bonchev–Trinajstić information content (AvgIpc) is 3.14. The van der Waals surface area contributed by atoms with Gasteiger partial charge in [0.15, 0.2) is 0 Å². The predicted octanol–water partition coefficient (Wildman–Crippen LogP) is 3.50. The first-order valence-corrected chi connectivity index (χ1v) is 10.2. The molecule has 2 aromatic rings. The smallest absolute Gasteiger partial charge is 0.254 e. The van der Waals surface area contributed by atoms with Crippen molar-refractivity contribution in [1.29, 1.82) is 0 Å². The first-order valence-electron chi connectivity index (χ1n) is 10.2. The van der Waals surface area contributed by atoms with Gasteiger partial charge in [-0.15, -0.1) is 0 Å². The normalized spacial score (nSPS) is 19.2. The maximum absolute atomic E-state index is 13.4. The van der Waals surface area contributed by atoms with Crippen LogP contribution in [0.15, 0.2) is 24.5 Å². The summed E-state index contributed by atoms with van der Waals surface area (Å²) in [5, 5.41) is 0. The molecule has 3 heterocycles. The zero-order valence-electron chi connectivity index (χ0n) is 17.0. The lowest BCUT2D eigenvalue weighted by Crippen LogP contribution is -2.57. The Morgan fingerprint density at radius 1 is 1.29 bits per heavy atom. The van der Waals surface area contributed by atoms with Crippen molar-refractivity contribution in [2.75, 3.05) is 26.2 Å². The summed E-state index contributed by atoms with van der Waals surface area (Å²) < 4.78 is 13.4. The van der Waals surface area contributed by atoms with Gasteiger partial charge in [-0.2, -0.15) is 0 Å². The minimum atomic E-state index is -0.302. The molecule has 1 aromatic carbocycles. The van der Waals surface area contributed by atoms with Crippen LogP contribution < -0.4 is 0 Å². The topological polar surface area (TPSA) is 52.2 Å². The fourth-order valence-corrected chi connectivity index (χ4v) is 4.90. The molecule has 0 aliphatic carbocycles. The summed E-state index contributed by atoms with van der Waals surface area (Å²) in [4.78, 5) is 25.6. The van der Waals surface area contributed by atoms with Crippen LogP contribution in [0.4, 0.5) is 4.39 Å². The number of fused-ring (bicyclic) bond motifs is 2. The van der Waals surface area contributed by atoms with Crippen molar-refractivity contribution in [3.63, 3.8) is 0 Å². The number of aromatic amines is 1. The number of amides is 1. The second-order valence-corrected chi connectivity index (χ2v) is 8.60. The maximum Gasteiger partial charge on any atom is 0.254 e. The van der Waals surface area contributed by atoms with E-state index in [4.69, 9.17) is 4.98 Å². The minimum Gasteiger partial charge on any atom is -0.348 e. The number of aryl methyl sites for hydroxylation is 1. The lowest BCUT2D eigenvalue weighted by molar-refractivity contribution is 0.000600. The van der Waals surface area contributed by atoms with Crippen molar-refractivity contribution in [3.8, 4) is 0 Å². The van der Waals surface area contributed by atoms with Crippen LogP contribution in [0.2, 0.25) is 0 Å². The molecular formula is C22H29FN4O. The number of aromatic nitrogens is 2. The first kappa shape index (κ1) is 19.1. The van der Waals surface area contributed by atoms with Crippen LogP contribution >= 0.6 is 0 Å². The summed E-state index contributed by atoms with van der Waals surface area (Å²) in [6.45, 7) is 9.75. The molecule has 0 unspecified atom stereocenters. The van der Waals surface area contributed by atoms with Gasteiger partial charge in [0, 0.05) is 43.9 Å². The van der Waals surface area contributed by atoms with Crippen LogP contribution in [0, 0.1) is 18.7 Å². The molecule has 2 aliphatic rings. The maximum atomic E-state index is 13.4. The molecule has 0 atom stereocenters. The third-order valence-corrected chi connectivity index (χ3v) is 6.28. The molecule has 6 heteroatoms. The Kier molecular flexibility index (Phi) is 5.00. The van der Waals surface area contributed by atoms with Crippen molar-refractivity contribution in [1.82, 2.24) is 19.8 Å². The number of piperidine rings is 1. The van der Waals surface area contributed by atoms with Gasteiger partial charge in [0.25, 0.3) is 5.91 Å². The second kappa shape index (κ2) is 7.32.